The summed E-state index contributed by atoms with van der Waals surface area (Å²) in [5.41, 5.74) is 2.72. The first-order chi connectivity index (χ1) is 23.5. The first-order valence-electron chi connectivity index (χ1n) is 16.6. The van der Waals surface area contributed by atoms with Gasteiger partial charge in [-0.2, -0.15) is 0 Å². The van der Waals surface area contributed by atoms with Gasteiger partial charge in [0.2, 0.25) is 0 Å². The van der Waals surface area contributed by atoms with Gasteiger partial charge in [0.05, 0.1) is 36.8 Å². The van der Waals surface area contributed by atoms with E-state index in [1.807, 2.05) is 86.7 Å². The van der Waals surface area contributed by atoms with Crippen molar-refractivity contribution in [2.45, 2.75) is 63.2 Å². The Morgan fingerprint density at radius 3 is 2.65 bits per heavy atom. The number of aromatic nitrogens is 3. The number of hydrogen-bond acceptors (Lipinski definition) is 9. The molecule has 13 heteroatoms. The van der Waals surface area contributed by atoms with Crippen LogP contribution in [-0.4, -0.2) is 71.5 Å². The lowest BCUT2D eigenvalue weighted by molar-refractivity contribution is -0.146. The van der Waals surface area contributed by atoms with Crippen molar-refractivity contribution >= 4 is 37.2 Å². The minimum absolute atomic E-state index is 0.0120. The number of carbonyl (C=O) groups excluding carboxylic acids is 2. The van der Waals surface area contributed by atoms with Gasteiger partial charge in [0.1, 0.15) is 11.5 Å². The molecule has 0 unspecified atom stereocenters. The van der Waals surface area contributed by atoms with Crippen LogP contribution in [0.15, 0.2) is 72.9 Å². The maximum Gasteiger partial charge on any atom is 0.269 e. The van der Waals surface area contributed by atoms with Gasteiger partial charge < -0.3 is 29.0 Å². The van der Waals surface area contributed by atoms with Gasteiger partial charge in [0.25, 0.3) is 11.8 Å². The van der Waals surface area contributed by atoms with Gasteiger partial charge in [-0.15, -0.1) is 5.10 Å². The third-order valence-corrected chi connectivity index (χ3v) is 12.5. The molecule has 4 heterocycles. The molecule has 7 rings (SSSR count). The van der Waals surface area contributed by atoms with Gasteiger partial charge in [0.15, 0.2) is 20.5 Å². The van der Waals surface area contributed by atoms with Crippen LogP contribution in [-0.2, 0) is 39.4 Å². The normalized spacial score (nSPS) is 23.2. The molecular weight excluding hydrogens is 643 g/mol. The second-order valence-electron chi connectivity index (χ2n) is 13.5. The fourth-order valence-corrected chi connectivity index (χ4v) is 10.5. The minimum atomic E-state index is -2.87. The number of benzene rings is 3. The fraction of sp³-hybridized carbons (Fsp3) is 0.389. The Morgan fingerprint density at radius 2 is 1.88 bits per heavy atom. The van der Waals surface area contributed by atoms with Crippen molar-refractivity contribution in [3.63, 3.8) is 0 Å². The molecule has 0 bridgehead atoms. The van der Waals surface area contributed by atoms with Crippen LogP contribution in [0, 0.1) is 5.92 Å². The summed E-state index contributed by atoms with van der Waals surface area (Å²) in [5.74, 6) is 0.518. The topological polar surface area (TPSA) is 139 Å². The molecule has 0 saturated carbocycles. The van der Waals surface area contributed by atoms with E-state index in [9.17, 15) is 19.5 Å². The smallest absolute Gasteiger partial charge is 0.269 e. The molecule has 1 aromatic heterocycles. The van der Waals surface area contributed by atoms with Crippen molar-refractivity contribution < 1.29 is 33.7 Å². The van der Waals surface area contributed by atoms with Crippen molar-refractivity contribution in [2.24, 2.45) is 5.92 Å². The Balaban J connectivity index is 1.23. The van der Waals surface area contributed by atoms with Gasteiger partial charge in [-0.1, -0.05) is 36.4 Å². The van der Waals surface area contributed by atoms with Gasteiger partial charge in [-0.25, -0.2) is 0 Å². The average Bonchev–Trinajstić information content (AvgIpc) is 3.73. The molecule has 2 amide bonds. The molecule has 4 aromatic rings. The van der Waals surface area contributed by atoms with Crippen molar-refractivity contribution in [2.75, 3.05) is 30.1 Å². The maximum atomic E-state index is 14.9. The molecule has 1 saturated heterocycles. The molecule has 1 spiro atoms. The molecular formula is C36H41N5O7Si. The highest BCUT2D eigenvalue weighted by Gasteiger charge is 2.66. The lowest BCUT2D eigenvalue weighted by Gasteiger charge is -2.32. The summed E-state index contributed by atoms with van der Waals surface area (Å²) in [6, 6.07) is 20.7. The predicted molar refractivity (Wildman–Crippen MR) is 184 cm³/mol. The summed E-state index contributed by atoms with van der Waals surface area (Å²) in [5, 5.41) is 17.6. The molecule has 0 radical (unpaired) electrons. The zero-order chi connectivity index (χ0) is 34.5. The van der Waals surface area contributed by atoms with Crippen molar-refractivity contribution in [3.8, 4) is 11.5 Å². The molecule has 256 valence electrons. The standard InChI is InChI=1S/C36H41N5O7Si/c1-23-34(49(3,4)45)32(14-16-39-21-25(15-17-42)37-38-39)48-36(23)28-19-27(46-2)12-13-29(28)40(35(36)44)20-24-8-7-9-26(18-24)41-30-10-5-6-11-31(30)47-22-33(41)43/h5-13,18-19,21,23,32,34,42,45H,14-17,20,22H2,1-4H3/t23-,32+,34-,36+/m0/s1. The minimum Gasteiger partial charge on any atom is -0.497 e. The highest BCUT2D eigenvalue weighted by Crippen LogP contribution is 2.60. The van der Waals surface area contributed by atoms with Gasteiger partial charge in [0, 0.05) is 48.5 Å². The molecule has 3 aromatic carbocycles. The number of anilines is 3. The summed E-state index contributed by atoms with van der Waals surface area (Å²) >= 11 is 0. The zero-order valence-electron chi connectivity index (χ0n) is 28.1. The van der Waals surface area contributed by atoms with Crippen LogP contribution in [0.4, 0.5) is 17.1 Å². The Morgan fingerprint density at radius 1 is 1.06 bits per heavy atom. The van der Waals surface area contributed by atoms with E-state index in [2.05, 4.69) is 10.3 Å². The van der Waals surface area contributed by atoms with Crippen molar-refractivity contribution in [3.05, 3.63) is 89.7 Å². The monoisotopic (exact) mass is 683 g/mol. The van der Waals surface area contributed by atoms with E-state index in [1.165, 1.54) is 0 Å². The third kappa shape index (κ3) is 5.70. The molecule has 1 fully saturated rings. The van der Waals surface area contributed by atoms with E-state index in [0.717, 1.165) is 16.8 Å². The van der Waals surface area contributed by atoms with Crippen LogP contribution in [0.1, 0.15) is 30.2 Å². The van der Waals surface area contributed by atoms with Crippen LogP contribution in [0.3, 0.4) is 0 Å². The lowest BCUT2D eigenvalue weighted by Crippen LogP contribution is -2.46. The number of rotatable bonds is 10. The number of aliphatic hydroxyl groups excluding tert-OH is 1. The molecule has 3 aliphatic rings. The molecule has 4 atom stereocenters. The van der Waals surface area contributed by atoms with Crippen LogP contribution in [0.2, 0.25) is 18.6 Å². The molecule has 3 aliphatic heterocycles. The highest BCUT2D eigenvalue weighted by atomic mass is 28.4. The van der Waals surface area contributed by atoms with Crippen LogP contribution in [0.25, 0.3) is 0 Å². The van der Waals surface area contributed by atoms with E-state index in [1.54, 1.807) is 27.8 Å². The Labute approximate surface area is 285 Å². The van der Waals surface area contributed by atoms with Crippen LogP contribution in [0.5, 0.6) is 11.5 Å². The summed E-state index contributed by atoms with van der Waals surface area (Å²) in [4.78, 5) is 43.1. The van der Waals surface area contributed by atoms with E-state index in [-0.39, 0.29) is 43.0 Å². The number of aliphatic hydroxyl groups is 1. The van der Waals surface area contributed by atoms with Crippen molar-refractivity contribution in [1.29, 1.82) is 0 Å². The number of carbonyl (C=O) groups is 2. The number of ether oxygens (including phenoxy) is 3. The predicted octanol–water partition coefficient (Wildman–Crippen LogP) is 4.31. The number of nitrogens with zero attached hydrogens (tertiary/aromatic N) is 5. The summed E-state index contributed by atoms with van der Waals surface area (Å²) in [6.45, 7) is 6.46. The first kappa shape index (κ1) is 33.0. The number of amides is 2. The first-order valence-corrected chi connectivity index (χ1v) is 19.6. The van der Waals surface area contributed by atoms with Crippen LogP contribution >= 0.6 is 0 Å². The highest BCUT2D eigenvalue weighted by molar-refractivity contribution is 6.71. The van der Waals surface area contributed by atoms with Gasteiger partial charge in [-0.3, -0.25) is 19.2 Å². The van der Waals surface area contributed by atoms with E-state index >= 15 is 0 Å². The summed E-state index contributed by atoms with van der Waals surface area (Å²) < 4.78 is 20.0. The second-order valence-corrected chi connectivity index (χ2v) is 17.5. The fourth-order valence-electron chi connectivity index (χ4n) is 7.91. The van der Waals surface area contributed by atoms with Crippen molar-refractivity contribution in [1.82, 2.24) is 15.0 Å². The maximum absolute atomic E-state index is 14.9. The summed E-state index contributed by atoms with van der Waals surface area (Å²) in [6.07, 6.45) is 2.31. The number of para-hydroxylation sites is 2. The second kappa shape index (κ2) is 12.7. The number of hydrogen-bond donors (Lipinski definition) is 2. The van der Waals surface area contributed by atoms with E-state index in [4.69, 9.17) is 14.2 Å². The van der Waals surface area contributed by atoms with Crippen LogP contribution < -0.4 is 19.3 Å². The number of methoxy groups -OCH3 is 1. The Hall–Kier alpha value is -4.56. The molecule has 0 aliphatic carbocycles. The SMILES string of the molecule is COc1ccc2c(c1)[C@@]1(O[C@H](CCn3cc(CCO)nn3)[C@@H]([Si](C)(C)O)[C@@H]1C)C(=O)N2Cc1cccc(N2C(=O)COc3ccccc32)c1. The van der Waals surface area contributed by atoms with Gasteiger partial charge in [-0.05, 0) is 67.5 Å². The lowest BCUT2D eigenvalue weighted by atomic mass is 9.82. The Kier molecular flexibility index (Phi) is 8.55. The zero-order valence-corrected chi connectivity index (χ0v) is 29.1. The molecule has 2 N–H and O–H groups in total. The third-order valence-electron chi connectivity index (χ3n) is 10.0. The Bertz CT molecular complexity index is 1890. The summed E-state index contributed by atoms with van der Waals surface area (Å²) in [7, 11) is -1.28. The van der Waals surface area contributed by atoms with E-state index in [0.29, 0.717) is 48.0 Å². The largest absolute Gasteiger partial charge is 0.497 e. The number of aryl methyl sites for hydroxylation is 1. The molecule has 49 heavy (non-hydrogen) atoms. The van der Waals surface area contributed by atoms with E-state index < -0.39 is 20.0 Å². The number of fused-ring (bicyclic) bond motifs is 3. The average molecular weight is 684 g/mol. The van der Waals surface area contributed by atoms with Gasteiger partial charge >= 0.3 is 0 Å². The molecule has 12 nitrogen and oxygen atoms in total. The quantitative estimate of drug-likeness (QED) is 0.234.